The van der Waals surface area contributed by atoms with E-state index in [4.69, 9.17) is 4.74 Å². The molecule has 0 N–H and O–H groups in total. The summed E-state index contributed by atoms with van der Waals surface area (Å²) in [5.41, 5.74) is 1.04. The number of esters is 1. The van der Waals surface area contributed by atoms with Gasteiger partial charge in [-0.1, -0.05) is 12.1 Å². The Bertz CT molecular complexity index is 491. The van der Waals surface area contributed by atoms with Gasteiger partial charge < -0.3 is 4.74 Å². The molecule has 2 aromatic rings. The largest absolute Gasteiger partial charge is 0.462 e. The number of ether oxygens (including phenoxy) is 1. The van der Waals surface area contributed by atoms with Gasteiger partial charge in [0.2, 0.25) is 0 Å². The molecule has 4 nitrogen and oxygen atoms in total. The molecule has 15 heavy (non-hydrogen) atoms. The van der Waals surface area contributed by atoms with Gasteiger partial charge in [0.25, 0.3) is 0 Å². The molecule has 0 aliphatic rings. The SMILES string of the molecule is CCOC(=O)c1cccc2ccnnc12. The quantitative estimate of drug-likeness (QED) is 0.697. The Morgan fingerprint density at radius 2 is 2.27 bits per heavy atom. The van der Waals surface area contributed by atoms with Crippen molar-refractivity contribution in [3.05, 3.63) is 36.0 Å². The van der Waals surface area contributed by atoms with Crippen LogP contribution in [0.25, 0.3) is 10.9 Å². The molecule has 1 heterocycles. The summed E-state index contributed by atoms with van der Waals surface area (Å²) in [5, 5.41) is 8.58. The highest BCUT2D eigenvalue weighted by molar-refractivity contribution is 6.02. The lowest BCUT2D eigenvalue weighted by Gasteiger charge is -2.03. The number of hydrogen-bond acceptors (Lipinski definition) is 4. The molecule has 0 saturated carbocycles. The summed E-state index contributed by atoms with van der Waals surface area (Å²) in [6, 6.07) is 7.18. The van der Waals surface area contributed by atoms with Crippen molar-refractivity contribution in [2.45, 2.75) is 6.92 Å². The number of carbonyl (C=O) groups is 1. The lowest BCUT2D eigenvalue weighted by molar-refractivity contribution is 0.0528. The molecule has 2 rings (SSSR count). The lowest BCUT2D eigenvalue weighted by Crippen LogP contribution is -2.06. The molecule has 0 spiro atoms. The smallest absolute Gasteiger partial charge is 0.340 e. The maximum Gasteiger partial charge on any atom is 0.340 e. The summed E-state index contributed by atoms with van der Waals surface area (Å²) < 4.78 is 4.93. The Balaban J connectivity index is 2.56. The fraction of sp³-hybridized carbons (Fsp3) is 0.182. The standard InChI is InChI=1S/C11H10N2O2/c1-2-15-11(14)9-5-3-4-8-6-7-12-13-10(8)9/h3-7H,2H2,1H3. The first-order valence-electron chi connectivity index (χ1n) is 4.70. The molecule has 76 valence electrons. The molecule has 0 fully saturated rings. The van der Waals surface area contributed by atoms with Crippen molar-refractivity contribution < 1.29 is 9.53 Å². The van der Waals surface area contributed by atoms with Gasteiger partial charge in [0, 0.05) is 5.39 Å². The van der Waals surface area contributed by atoms with Gasteiger partial charge in [-0.05, 0) is 19.1 Å². The zero-order valence-corrected chi connectivity index (χ0v) is 8.30. The van der Waals surface area contributed by atoms with Gasteiger partial charge in [-0.25, -0.2) is 4.79 Å². The molecule has 1 aromatic heterocycles. The molecule has 0 radical (unpaired) electrons. The molecule has 0 amide bonds. The first-order valence-corrected chi connectivity index (χ1v) is 4.70. The highest BCUT2D eigenvalue weighted by atomic mass is 16.5. The molecule has 1 aromatic carbocycles. The first kappa shape index (κ1) is 9.58. The zero-order chi connectivity index (χ0) is 10.7. The minimum atomic E-state index is -0.358. The molecule has 0 bridgehead atoms. The van der Waals surface area contributed by atoms with Crippen LogP contribution in [-0.2, 0) is 4.74 Å². The molecule has 0 aliphatic heterocycles. The molecule has 4 heteroatoms. The van der Waals surface area contributed by atoms with Gasteiger partial charge in [0.15, 0.2) is 0 Å². The highest BCUT2D eigenvalue weighted by Gasteiger charge is 2.11. The van der Waals surface area contributed by atoms with Crippen LogP contribution >= 0.6 is 0 Å². The predicted molar refractivity (Wildman–Crippen MR) is 55.5 cm³/mol. The van der Waals surface area contributed by atoms with Gasteiger partial charge >= 0.3 is 5.97 Å². The van der Waals surface area contributed by atoms with Crippen LogP contribution < -0.4 is 0 Å². The molecular formula is C11H10N2O2. The number of benzene rings is 1. The number of nitrogens with zero attached hydrogens (tertiary/aromatic N) is 2. The third-order valence-electron chi connectivity index (χ3n) is 2.04. The van der Waals surface area contributed by atoms with Gasteiger partial charge in [-0.15, -0.1) is 5.10 Å². The van der Waals surface area contributed by atoms with E-state index in [1.165, 1.54) is 0 Å². The van der Waals surface area contributed by atoms with Crippen molar-refractivity contribution in [1.29, 1.82) is 0 Å². The fourth-order valence-electron chi connectivity index (χ4n) is 1.39. The maximum atomic E-state index is 11.6. The zero-order valence-electron chi connectivity index (χ0n) is 8.30. The van der Waals surface area contributed by atoms with Crippen LogP contribution in [0.4, 0.5) is 0 Å². The topological polar surface area (TPSA) is 52.1 Å². The van der Waals surface area contributed by atoms with Crippen molar-refractivity contribution in [3.63, 3.8) is 0 Å². The third-order valence-corrected chi connectivity index (χ3v) is 2.04. The molecule has 0 saturated heterocycles. The van der Waals surface area contributed by atoms with E-state index in [1.807, 2.05) is 12.1 Å². The summed E-state index contributed by atoms with van der Waals surface area (Å²) in [5.74, 6) is -0.358. The highest BCUT2D eigenvalue weighted by Crippen LogP contribution is 2.15. The first-order chi connectivity index (χ1) is 7.33. The van der Waals surface area contributed by atoms with Crippen LogP contribution in [-0.4, -0.2) is 22.8 Å². The monoisotopic (exact) mass is 202 g/mol. The van der Waals surface area contributed by atoms with E-state index in [-0.39, 0.29) is 5.97 Å². The van der Waals surface area contributed by atoms with E-state index >= 15 is 0 Å². The van der Waals surface area contributed by atoms with Gasteiger partial charge in [0.1, 0.15) is 5.52 Å². The van der Waals surface area contributed by atoms with E-state index in [0.717, 1.165) is 5.39 Å². The average Bonchev–Trinajstić information content (AvgIpc) is 2.28. The lowest BCUT2D eigenvalue weighted by atomic mass is 10.1. The number of fused-ring (bicyclic) bond motifs is 1. The second kappa shape index (κ2) is 4.04. The van der Waals surface area contributed by atoms with Crippen LogP contribution in [0.5, 0.6) is 0 Å². The summed E-state index contributed by atoms with van der Waals surface area (Å²) in [6.07, 6.45) is 1.59. The van der Waals surface area contributed by atoms with Crippen LogP contribution in [0.15, 0.2) is 30.5 Å². The Labute approximate surface area is 86.9 Å². The van der Waals surface area contributed by atoms with Crippen molar-refractivity contribution in [2.75, 3.05) is 6.61 Å². The summed E-state index contributed by atoms with van der Waals surface area (Å²) >= 11 is 0. The van der Waals surface area contributed by atoms with Gasteiger partial charge in [-0.2, -0.15) is 5.10 Å². The van der Waals surface area contributed by atoms with Crippen molar-refractivity contribution >= 4 is 16.9 Å². The predicted octanol–water partition coefficient (Wildman–Crippen LogP) is 1.81. The van der Waals surface area contributed by atoms with Crippen LogP contribution in [0.2, 0.25) is 0 Å². The number of hydrogen-bond donors (Lipinski definition) is 0. The molecule has 0 atom stereocenters. The van der Waals surface area contributed by atoms with E-state index < -0.39 is 0 Å². The van der Waals surface area contributed by atoms with Crippen molar-refractivity contribution in [2.24, 2.45) is 0 Å². The number of rotatable bonds is 2. The van der Waals surface area contributed by atoms with Crippen molar-refractivity contribution in [1.82, 2.24) is 10.2 Å². The van der Waals surface area contributed by atoms with Gasteiger partial charge in [0.05, 0.1) is 18.4 Å². The average molecular weight is 202 g/mol. The Kier molecular flexibility index (Phi) is 2.58. The van der Waals surface area contributed by atoms with E-state index in [1.54, 1.807) is 25.3 Å². The summed E-state index contributed by atoms with van der Waals surface area (Å²) in [6.45, 7) is 2.13. The Morgan fingerprint density at radius 3 is 3.07 bits per heavy atom. The van der Waals surface area contributed by atoms with Gasteiger partial charge in [-0.3, -0.25) is 0 Å². The third kappa shape index (κ3) is 1.79. The minimum absolute atomic E-state index is 0.357. The van der Waals surface area contributed by atoms with Crippen LogP contribution in [0.1, 0.15) is 17.3 Å². The molecule has 0 unspecified atom stereocenters. The van der Waals surface area contributed by atoms with Crippen molar-refractivity contribution in [3.8, 4) is 0 Å². The number of carbonyl (C=O) groups excluding carboxylic acids is 1. The fourth-order valence-corrected chi connectivity index (χ4v) is 1.39. The van der Waals surface area contributed by atoms with Crippen LogP contribution in [0.3, 0.4) is 0 Å². The Hall–Kier alpha value is -1.97. The Morgan fingerprint density at radius 1 is 1.40 bits per heavy atom. The maximum absolute atomic E-state index is 11.6. The summed E-state index contributed by atoms with van der Waals surface area (Å²) in [4.78, 5) is 11.6. The van der Waals surface area contributed by atoms with E-state index in [0.29, 0.717) is 17.7 Å². The molecular weight excluding hydrogens is 192 g/mol. The van der Waals surface area contributed by atoms with Crippen LogP contribution in [0, 0.1) is 0 Å². The van der Waals surface area contributed by atoms with E-state index in [9.17, 15) is 4.79 Å². The second-order valence-corrected chi connectivity index (χ2v) is 3.00. The summed E-state index contributed by atoms with van der Waals surface area (Å²) in [7, 11) is 0. The second-order valence-electron chi connectivity index (χ2n) is 3.00. The molecule has 0 aliphatic carbocycles. The van der Waals surface area contributed by atoms with E-state index in [2.05, 4.69) is 10.2 Å². The number of aromatic nitrogens is 2. The minimum Gasteiger partial charge on any atom is -0.462 e. The normalized spacial score (nSPS) is 10.2.